The summed E-state index contributed by atoms with van der Waals surface area (Å²) < 4.78 is 18.3. The van der Waals surface area contributed by atoms with E-state index in [0.717, 1.165) is 11.9 Å². The summed E-state index contributed by atoms with van der Waals surface area (Å²) in [6, 6.07) is 3.95. The summed E-state index contributed by atoms with van der Waals surface area (Å²) in [5.74, 6) is 0. The van der Waals surface area contributed by atoms with Crippen LogP contribution in [0.25, 0.3) is 0 Å². The van der Waals surface area contributed by atoms with Crippen LogP contribution in [-0.4, -0.2) is 34.7 Å². The molecule has 14 heavy (non-hydrogen) atoms. The fourth-order valence-corrected chi connectivity index (χ4v) is 3.54. The first kappa shape index (κ1) is 11.5. The molecule has 0 fully saturated rings. The lowest BCUT2D eigenvalue weighted by molar-refractivity contribution is 0.138. The first-order valence-electron chi connectivity index (χ1n) is 4.55. The SMILES string of the molecule is CCn1cccc1[Si](OC)(OC)OC. The first-order valence-corrected chi connectivity index (χ1v) is 6.27. The topological polar surface area (TPSA) is 32.6 Å². The lowest BCUT2D eigenvalue weighted by atomic mass is 10.7. The third-order valence-corrected chi connectivity index (χ3v) is 4.98. The standard InChI is InChI=1S/C9H17NO3Si/c1-5-10-8-6-7-9(10)14(11-2,12-3)13-4/h6-8H,5H2,1-4H3. The van der Waals surface area contributed by atoms with Gasteiger partial charge in [-0.25, -0.2) is 0 Å². The zero-order chi connectivity index (χ0) is 10.6. The molecule has 5 heteroatoms. The van der Waals surface area contributed by atoms with Gasteiger partial charge >= 0.3 is 8.80 Å². The summed E-state index contributed by atoms with van der Waals surface area (Å²) in [6.45, 7) is 2.96. The number of hydrogen-bond donors (Lipinski definition) is 0. The van der Waals surface area contributed by atoms with Crippen molar-refractivity contribution in [2.24, 2.45) is 0 Å². The number of aromatic nitrogens is 1. The molecular formula is C9H17NO3Si. The average Bonchev–Trinajstić information content (AvgIpc) is 2.70. The molecule has 0 radical (unpaired) electrons. The smallest absolute Gasteiger partial charge is 0.373 e. The van der Waals surface area contributed by atoms with E-state index < -0.39 is 8.80 Å². The van der Waals surface area contributed by atoms with Crippen LogP contribution in [0, 0.1) is 0 Å². The minimum atomic E-state index is -2.64. The van der Waals surface area contributed by atoms with Gasteiger partial charge in [0.1, 0.15) is 0 Å². The van der Waals surface area contributed by atoms with Gasteiger partial charge in [0, 0.05) is 34.1 Å². The van der Waals surface area contributed by atoms with Crippen LogP contribution >= 0.6 is 0 Å². The Balaban J connectivity index is 3.09. The maximum absolute atomic E-state index is 5.40. The number of rotatable bonds is 5. The van der Waals surface area contributed by atoms with Crippen LogP contribution in [0.1, 0.15) is 6.92 Å². The second kappa shape index (κ2) is 4.74. The van der Waals surface area contributed by atoms with Crippen LogP contribution in [0.15, 0.2) is 18.3 Å². The molecule has 4 nitrogen and oxygen atoms in total. The number of nitrogens with zero attached hydrogens (tertiary/aromatic N) is 1. The van der Waals surface area contributed by atoms with Gasteiger partial charge in [-0.2, -0.15) is 0 Å². The summed E-state index contributed by atoms with van der Waals surface area (Å²) in [4.78, 5) is 0. The van der Waals surface area contributed by atoms with Crippen molar-refractivity contribution in [2.75, 3.05) is 21.3 Å². The van der Waals surface area contributed by atoms with Gasteiger partial charge in [-0.05, 0) is 19.1 Å². The average molecular weight is 215 g/mol. The monoisotopic (exact) mass is 215 g/mol. The first-order chi connectivity index (χ1) is 6.74. The Morgan fingerprint density at radius 1 is 1.21 bits per heavy atom. The minimum absolute atomic E-state index is 0.882. The lowest BCUT2D eigenvalue weighted by Gasteiger charge is -2.25. The molecule has 1 rings (SSSR count). The lowest BCUT2D eigenvalue weighted by Crippen LogP contribution is -2.57. The van der Waals surface area contributed by atoms with Gasteiger partial charge in [0.2, 0.25) is 0 Å². The largest absolute Gasteiger partial charge is 0.553 e. The molecule has 0 aromatic carbocycles. The normalized spacial score (nSPS) is 12.0. The van der Waals surface area contributed by atoms with Crippen molar-refractivity contribution < 1.29 is 13.3 Å². The molecule has 1 aromatic rings. The maximum atomic E-state index is 5.40. The Labute approximate surface area is 85.8 Å². The van der Waals surface area contributed by atoms with Crippen LogP contribution < -0.4 is 5.32 Å². The molecule has 1 aromatic heterocycles. The molecule has 0 unspecified atom stereocenters. The molecule has 0 spiro atoms. The zero-order valence-electron chi connectivity index (χ0n) is 9.11. The fourth-order valence-electron chi connectivity index (χ4n) is 1.53. The van der Waals surface area contributed by atoms with E-state index in [1.807, 2.05) is 18.3 Å². The van der Waals surface area contributed by atoms with Crippen molar-refractivity contribution in [1.82, 2.24) is 4.57 Å². The second-order valence-electron chi connectivity index (χ2n) is 2.85. The minimum Gasteiger partial charge on any atom is -0.373 e. The van der Waals surface area contributed by atoms with Gasteiger partial charge in [-0.1, -0.05) is 0 Å². The summed E-state index contributed by atoms with van der Waals surface area (Å²) in [5, 5.41) is 0.993. The highest BCUT2D eigenvalue weighted by molar-refractivity contribution is 6.74. The van der Waals surface area contributed by atoms with Crippen LogP contribution in [-0.2, 0) is 19.8 Å². The predicted octanol–water partition coefficient (Wildman–Crippen LogP) is 0.593. The Morgan fingerprint density at radius 2 is 1.79 bits per heavy atom. The van der Waals surface area contributed by atoms with E-state index >= 15 is 0 Å². The molecule has 0 amide bonds. The third kappa shape index (κ3) is 1.76. The van der Waals surface area contributed by atoms with Crippen molar-refractivity contribution in [3.8, 4) is 0 Å². The maximum Gasteiger partial charge on any atom is 0.553 e. The van der Waals surface area contributed by atoms with Gasteiger partial charge in [-0.3, -0.25) is 0 Å². The summed E-state index contributed by atoms with van der Waals surface area (Å²) in [5.41, 5.74) is 0. The van der Waals surface area contributed by atoms with Crippen molar-refractivity contribution >= 4 is 14.1 Å². The molecule has 0 aliphatic carbocycles. The highest BCUT2D eigenvalue weighted by Crippen LogP contribution is 2.07. The van der Waals surface area contributed by atoms with Crippen LogP contribution in [0.5, 0.6) is 0 Å². The van der Waals surface area contributed by atoms with Crippen LogP contribution in [0.4, 0.5) is 0 Å². The molecule has 0 atom stereocenters. The van der Waals surface area contributed by atoms with Gasteiger partial charge in [0.05, 0.1) is 5.32 Å². The molecular weight excluding hydrogens is 198 g/mol. The molecule has 0 aliphatic rings. The quantitative estimate of drug-likeness (QED) is 0.674. The van der Waals surface area contributed by atoms with Gasteiger partial charge in [0.25, 0.3) is 0 Å². The van der Waals surface area contributed by atoms with Crippen molar-refractivity contribution in [3.05, 3.63) is 18.3 Å². The van der Waals surface area contributed by atoms with Crippen LogP contribution in [0.2, 0.25) is 0 Å². The van der Waals surface area contributed by atoms with E-state index in [-0.39, 0.29) is 0 Å². The number of hydrogen-bond acceptors (Lipinski definition) is 3. The van der Waals surface area contributed by atoms with Gasteiger partial charge in [0.15, 0.2) is 0 Å². The van der Waals surface area contributed by atoms with E-state index in [0.29, 0.717) is 0 Å². The third-order valence-electron chi connectivity index (χ3n) is 2.29. The van der Waals surface area contributed by atoms with E-state index in [1.54, 1.807) is 21.3 Å². The predicted molar refractivity (Wildman–Crippen MR) is 56.5 cm³/mol. The molecule has 0 N–H and O–H groups in total. The molecule has 0 bridgehead atoms. The summed E-state index contributed by atoms with van der Waals surface area (Å²) in [7, 11) is 2.21. The van der Waals surface area contributed by atoms with Crippen molar-refractivity contribution in [2.45, 2.75) is 13.5 Å². The van der Waals surface area contributed by atoms with E-state index in [4.69, 9.17) is 13.3 Å². The van der Waals surface area contributed by atoms with Gasteiger partial charge in [-0.15, -0.1) is 0 Å². The summed E-state index contributed by atoms with van der Waals surface area (Å²) >= 11 is 0. The van der Waals surface area contributed by atoms with E-state index in [9.17, 15) is 0 Å². The Bertz CT molecular complexity index is 275. The number of aryl methyl sites for hydroxylation is 1. The highest BCUT2D eigenvalue weighted by Gasteiger charge is 2.43. The van der Waals surface area contributed by atoms with E-state index in [2.05, 4.69) is 11.5 Å². The molecule has 80 valence electrons. The Hall–Kier alpha value is -0.623. The van der Waals surface area contributed by atoms with E-state index in [1.165, 1.54) is 0 Å². The molecule has 1 heterocycles. The second-order valence-corrected chi connectivity index (χ2v) is 5.70. The molecule has 0 saturated carbocycles. The summed E-state index contributed by atoms with van der Waals surface area (Å²) in [6.07, 6.45) is 1.99. The highest BCUT2D eigenvalue weighted by atomic mass is 28.4. The van der Waals surface area contributed by atoms with Gasteiger partial charge < -0.3 is 17.8 Å². The Kier molecular flexibility index (Phi) is 3.88. The molecule has 0 aliphatic heterocycles. The van der Waals surface area contributed by atoms with Crippen molar-refractivity contribution in [1.29, 1.82) is 0 Å². The molecule has 0 saturated heterocycles. The Morgan fingerprint density at radius 3 is 2.21 bits per heavy atom. The zero-order valence-corrected chi connectivity index (χ0v) is 10.1. The fraction of sp³-hybridized carbons (Fsp3) is 0.556. The van der Waals surface area contributed by atoms with Crippen LogP contribution in [0.3, 0.4) is 0 Å². The van der Waals surface area contributed by atoms with Crippen molar-refractivity contribution in [3.63, 3.8) is 0 Å².